The smallest absolute Gasteiger partial charge is 0.249 e. The van der Waals surface area contributed by atoms with E-state index in [1.165, 1.54) is 11.3 Å². The van der Waals surface area contributed by atoms with E-state index in [0.717, 1.165) is 26.6 Å². The molecule has 5 nitrogen and oxygen atoms in total. The van der Waals surface area contributed by atoms with E-state index in [1.54, 1.807) is 17.8 Å². The molecule has 3 aromatic rings. The van der Waals surface area contributed by atoms with Crippen molar-refractivity contribution in [3.05, 3.63) is 59.9 Å². The van der Waals surface area contributed by atoms with E-state index >= 15 is 0 Å². The van der Waals surface area contributed by atoms with Crippen molar-refractivity contribution in [2.45, 2.75) is 17.9 Å². The number of hydrogen-bond donors (Lipinski definition) is 0. The standard InChI is InChI=1S/C20H18N2O3S2/c1-2-9-22-15-11-16-17(25-13-24-16)12-18(15)27-20(22)21-19(23)8-10-26-14-6-4-3-5-7-14/h2-7,11-12H,1,8-10,13H2. The molecule has 138 valence electrons. The Hall–Kier alpha value is -2.51. The lowest BCUT2D eigenvalue weighted by Gasteiger charge is -2.02. The van der Waals surface area contributed by atoms with Gasteiger partial charge < -0.3 is 14.0 Å². The molecule has 1 aromatic heterocycles. The monoisotopic (exact) mass is 398 g/mol. The lowest BCUT2D eigenvalue weighted by Crippen LogP contribution is -2.16. The van der Waals surface area contributed by atoms with Gasteiger partial charge in [0.05, 0.1) is 10.2 Å². The van der Waals surface area contributed by atoms with Gasteiger partial charge in [-0.15, -0.1) is 18.3 Å². The van der Waals surface area contributed by atoms with Crippen LogP contribution in [0.1, 0.15) is 6.42 Å². The van der Waals surface area contributed by atoms with Crippen LogP contribution in [0.2, 0.25) is 0 Å². The van der Waals surface area contributed by atoms with Crippen LogP contribution >= 0.6 is 23.1 Å². The molecule has 0 spiro atoms. The summed E-state index contributed by atoms with van der Waals surface area (Å²) in [5.74, 6) is 2.03. The minimum atomic E-state index is -0.122. The lowest BCUT2D eigenvalue weighted by atomic mass is 10.3. The second kappa shape index (κ2) is 8.02. The Bertz CT molecular complexity index is 1050. The van der Waals surface area contributed by atoms with Crippen LogP contribution in [0.25, 0.3) is 10.2 Å². The normalized spacial score (nSPS) is 13.3. The van der Waals surface area contributed by atoms with Gasteiger partial charge >= 0.3 is 0 Å². The van der Waals surface area contributed by atoms with Gasteiger partial charge in [0.25, 0.3) is 0 Å². The molecule has 0 saturated carbocycles. The highest BCUT2D eigenvalue weighted by Gasteiger charge is 2.17. The first-order valence-corrected chi connectivity index (χ1v) is 10.3. The Labute approximate surface area is 165 Å². The molecule has 0 unspecified atom stereocenters. The second-order valence-electron chi connectivity index (χ2n) is 5.87. The van der Waals surface area contributed by atoms with Crippen LogP contribution in [0, 0.1) is 0 Å². The average molecular weight is 399 g/mol. The summed E-state index contributed by atoms with van der Waals surface area (Å²) in [6.45, 7) is 4.63. The Morgan fingerprint density at radius 1 is 1.26 bits per heavy atom. The number of thiazole rings is 1. The van der Waals surface area contributed by atoms with Crippen LogP contribution in [-0.4, -0.2) is 23.0 Å². The van der Waals surface area contributed by atoms with Crippen molar-refractivity contribution in [1.82, 2.24) is 4.57 Å². The number of thioether (sulfide) groups is 1. The summed E-state index contributed by atoms with van der Waals surface area (Å²) < 4.78 is 13.9. The van der Waals surface area contributed by atoms with Gasteiger partial charge in [-0.1, -0.05) is 35.6 Å². The van der Waals surface area contributed by atoms with Crippen LogP contribution in [0.15, 0.2) is 65.0 Å². The number of benzene rings is 2. The molecule has 1 aliphatic rings. The maximum absolute atomic E-state index is 12.4. The number of carbonyl (C=O) groups excluding carboxylic acids is 1. The molecule has 0 atom stereocenters. The van der Waals surface area contributed by atoms with Crippen LogP contribution in [-0.2, 0) is 11.3 Å². The number of allylic oxidation sites excluding steroid dienone is 1. The van der Waals surface area contributed by atoms with Crippen LogP contribution in [0.4, 0.5) is 0 Å². The van der Waals surface area contributed by atoms with Gasteiger partial charge in [-0.3, -0.25) is 4.79 Å². The van der Waals surface area contributed by atoms with Crippen molar-refractivity contribution in [2.75, 3.05) is 12.5 Å². The van der Waals surface area contributed by atoms with Crippen LogP contribution in [0.3, 0.4) is 0 Å². The molecule has 0 aliphatic carbocycles. The Morgan fingerprint density at radius 2 is 2.04 bits per heavy atom. The third-order valence-corrected chi connectivity index (χ3v) is 6.09. The number of fused-ring (bicyclic) bond motifs is 2. The predicted octanol–water partition coefficient (Wildman–Crippen LogP) is 4.23. The van der Waals surface area contributed by atoms with Gasteiger partial charge in [-0.25, -0.2) is 0 Å². The first-order chi connectivity index (χ1) is 13.2. The lowest BCUT2D eigenvalue weighted by molar-refractivity contribution is -0.117. The van der Waals surface area contributed by atoms with Gasteiger partial charge in [-0.2, -0.15) is 4.99 Å². The number of rotatable bonds is 6. The highest BCUT2D eigenvalue weighted by Crippen LogP contribution is 2.37. The maximum Gasteiger partial charge on any atom is 0.249 e. The van der Waals surface area contributed by atoms with Gasteiger partial charge in [0.2, 0.25) is 12.7 Å². The Kier molecular flexibility index (Phi) is 5.31. The second-order valence-corrected chi connectivity index (χ2v) is 8.05. The molecular formula is C20H18N2O3S2. The molecule has 27 heavy (non-hydrogen) atoms. The van der Waals surface area contributed by atoms with E-state index in [4.69, 9.17) is 9.47 Å². The summed E-state index contributed by atoms with van der Waals surface area (Å²) in [6, 6.07) is 13.9. The first kappa shape index (κ1) is 17.9. The quantitative estimate of drug-likeness (QED) is 0.461. The highest BCUT2D eigenvalue weighted by molar-refractivity contribution is 7.99. The third-order valence-electron chi connectivity index (χ3n) is 4.04. The fraction of sp³-hybridized carbons (Fsp3) is 0.200. The van der Waals surface area contributed by atoms with E-state index in [1.807, 2.05) is 47.0 Å². The zero-order valence-electron chi connectivity index (χ0n) is 14.6. The van der Waals surface area contributed by atoms with E-state index < -0.39 is 0 Å². The van der Waals surface area contributed by atoms with Crippen molar-refractivity contribution < 1.29 is 14.3 Å². The fourth-order valence-corrected chi connectivity index (χ4v) is 4.71. The summed E-state index contributed by atoms with van der Waals surface area (Å²) in [5.41, 5.74) is 0.967. The Morgan fingerprint density at radius 3 is 2.81 bits per heavy atom. The van der Waals surface area contributed by atoms with E-state index in [0.29, 0.717) is 23.5 Å². The molecule has 0 fully saturated rings. The molecule has 4 rings (SSSR count). The van der Waals surface area contributed by atoms with Gasteiger partial charge in [0, 0.05) is 35.7 Å². The summed E-state index contributed by atoms with van der Waals surface area (Å²) in [7, 11) is 0. The van der Waals surface area contributed by atoms with Gasteiger partial charge in [0.15, 0.2) is 16.3 Å². The first-order valence-electron chi connectivity index (χ1n) is 8.54. The summed E-state index contributed by atoms with van der Waals surface area (Å²) in [4.78, 5) is 18.5. The topological polar surface area (TPSA) is 52.8 Å². The van der Waals surface area contributed by atoms with E-state index in [2.05, 4.69) is 11.6 Å². The molecule has 0 radical (unpaired) electrons. The summed E-state index contributed by atoms with van der Waals surface area (Å²) in [5, 5.41) is 0. The van der Waals surface area contributed by atoms with Crippen LogP contribution in [0.5, 0.6) is 11.5 Å². The molecular weight excluding hydrogens is 380 g/mol. The van der Waals surface area contributed by atoms with Crippen molar-refractivity contribution in [2.24, 2.45) is 4.99 Å². The van der Waals surface area contributed by atoms with Gasteiger partial charge in [-0.05, 0) is 12.1 Å². The zero-order chi connectivity index (χ0) is 18.6. The molecule has 1 amide bonds. The fourth-order valence-electron chi connectivity index (χ4n) is 2.79. The van der Waals surface area contributed by atoms with E-state index in [-0.39, 0.29) is 12.7 Å². The number of aromatic nitrogens is 1. The van der Waals surface area contributed by atoms with Crippen molar-refractivity contribution in [3.8, 4) is 11.5 Å². The van der Waals surface area contributed by atoms with Crippen molar-refractivity contribution in [3.63, 3.8) is 0 Å². The average Bonchev–Trinajstić information content (AvgIpc) is 3.25. The molecule has 7 heteroatoms. The van der Waals surface area contributed by atoms with Crippen molar-refractivity contribution in [1.29, 1.82) is 0 Å². The molecule has 0 N–H and O–H groups in total. The predicted molar refractivity (Wildman–Crippen MR) is 108 cm³/mol. The molecule has 0 saturated heterocycles. The molecule has 0 bridgehead atoms. The molecule has 2 heterocycles. The minimum absolute atomic E-state index is 0.122. The number of nitrogens with zero attached hydrogens (tertiary/aromatic N) is 2. The van der Waals surface area contributed by atoms with Gasteiger partial charge in [0.1, 0.15) is 0 Å². The summed E-state index contributed by atoms with van der Waals surface area (Å²) >= 11 is 3.13. The largest absolute Gasteiger partial charge is 0.454 e. The number of amides is 1. The molecule has 2 aromatic carbocycles. The minimum Gasteiger partial charge on any atom is -0.454 e. The number of ether oxygens (including phenoxy) is 2. The number of carbonyl (C=O) groups is 1. The maximum atomic E-state index is 12.4. The zero-order valence-corrected chi connectivity index (χ0v) is 16.2. The highest BCUT2D eigenvalue weighted by atomic mass is 32.2. The third kappa shape index (κ3) is 3.94. The Balaban J connectivity index is 1.57. The van der Waals surface area contributed by atoms with Crippen LogP contribution < -0.4 is 14.3 Å². The SMILES string of the molecule is C=CCn1c(=NC(=O)CCSc2ccccc2)sc2cc3c(cc21)OCO3. The number of hydrogen-bond acceptors (Lipinski definition) is 5. The summed E-state index contributed by atoms with van der Waals surface area (Å²) in [6.07, 6.45) is 2.19. The van der Waals surface area contributed by atoms with E-state index in [9.17, 15) is 4.79 Å². The molecule has 1 aliphatic heterocycles. The van der Waals surface area contributed by atoms with Crippen molar-refractivity contribution >= 4 is 39.2 Å².